The maximum atomic E-state index is 12.5. The molecule has 2 aromatic rings. The van der Waals surface area contributed by atoms with Crippen molar-refractivity contribution in [3.05, 3.63) is 53.6 Å². The van der Waals surface area contributed by atoms with Crippen LogP contribution in [-0.2, 0) is 0 Å². The topological polar surface area (TPSA) is 85.9 Å². The maximum Gasteiger partial charge on any atom is 0.319 e. The van der Waals surface area contributed by atoms with E-state index in [0.29, 0.717) is 34.1 Å². The van der Waals surface area contributed by atoms with Crippen LogP contribution in [0.3, 0.4) is 0 Å². The molecule has 2 amide bonds. The molecule has 29 heavy (non-hydrogen) atoms. The second-order valence-corrected chi connectivity index (χ2v) is 6.48. The number of rotatable bonds is 8. The third-order valence-electron chi connectivity index (χ3n) is 4.00. The smallest absolute Gasteiger partial charge is 0.319 e. The maximum absolute atomic E-state index is 12.5. The summed E-state index contributed by atoms with van der Waals surface area (Å²) >= 11 is 0. The van der Waals surface area contributed by atoms with Gasteiger partial charge in [0.25, 0.3) is 0 Å². The van der Waals surface area contributed by atoms with Crippen LogP contribution in [0.4, 0.5) is 10.5 Å². The molecule has 2 aromatic carbocycles. The third-order valence-corrected chi connectivity index (χ3v) is 4.00. The highest BCUT2D eigenvalue weighted by Crippen LogP contribution is 2.35. The third kappa shape index (κ3) is 6.00. The molecule has 7 nitrogen and oxygen atoms in total. The molecule has 0 radical (unpaired) electrons. The number of nitrogens with one attached hydrogen (secondary N) is 2. The Kier molecular flexibility index (Phi) is 7.65. The van der Waals surface area contributed by atoms with Gasteiger partial charge in [-0.25, -0.2) is 4.79 Å². The Hall–Kier alpha value is -3.48. The van der Waals surface area contributed by atoms with Crippen LogP contribution < -0.4 is 24.8 Å². The number of carbonyl (C=O) groups is 2. The van der Waals surface area contributed by atoms with Gasteiger partial charge in [0.15, 0.2) is 17.3 Å². The number of ketones is 1. The van der Waals surface area contributed by atoms with Crippen LogP contribution in [0.15, 0.2) is 42.5 Å². The largest absolute Gasteiger partial charge is 0.496 e. The molecule has 2 rings (SSSR count). The van der Waals surface area contributed by atoms with E-state index in [0.717, 1.165) is 0 Å². The summed E-state index contributed by atoms with van der Waals surface area (Å²) in [5.74, 6) is 1.45. The first-order valence-electron chi connectivity index (χ1n) is 9.08. The van der Waals surface area contributed by atoms with E-state index in [1.165, 1.54) is 6.08 Å². The second kappa shape index (κ2) is 10.2. The normalized spacial score (nSPS) is 10.7. The van der Waals surface area contributed by atoms with Gasteiger partial charge in [-0.05, 0) is 56.3 Å². The quantitative estimate of drug-likeness (QED) is 0.516. The van der Waals surface area contributed by atoms with Gasteiger partial charge in [0, 0.05) is 28.9 Å². The summed E-state index contributed by atoms with van der Waals surface area (Å²) in [7, 11) is 4.63. The number of amides is 2. The number of hydrogen-bond acceptors (Lipinski definition) is 5. The van der Waals surface area contributed by atoms with Gasteiger partial charge in [-0.1, -0.05) is 0 Å². The molecular formula is C22H26N2O5. The average molecular weight is 398 g/mol. The van der Waals surface area contributed by atoms with Crippen LogP contribution in [0, 0.1) is 0 Å². The minimum atomic E-state index is -0.292. The van der Waals surface area contributed by atoms with E-state index in [1.807, 2.05) is 13.8 Å². The molecule has 0 saturated carbocycles. The SMILES string of the molecule is COc1cc(OC)c(OC)cc1/C=C/C(=O)c1ccc(NC(=O)NC(C)C)cc1. The molecule has 7 heteroatoms. The van der Waals surface area contributed by atoms with Gasteiger partial charge in [0.2, 0.25) is 0 Å². The van der Waals surface area contributed by atoms with Crippen molar-refractivity contribution >= 4 is 23.6 Å². The minimum absolute atomic E-state index is 0.0366. The van der Waals surface area contributed by atoms with E-state index >= 15 is 0 Å². The number of benzene rings is 2. The zero-order chi connectivity index (χ0) is 21.4. The highest BCUT2D eigenvalue weighted by Gasteiger charge is 2.11. The monoisotopic (exact) mass is 398 g/mol. The number of allylic oxidation sites excluding steroid dienone is 1. The second-order valence-electron chi connectivity index (χ2n) is 6.48. The summed E-state index contributed by atoms with van der Waals surface area (Å²) in [5, 5.41) is 5.45. The van der Waals surface area contributed by atoms with Crippen molar-refractivity contribution in [2.75, 3.05) is 26.6 Å². The summed E-state index contributed by atoms with van der Waals surface area (Å²) in [4.78, 5) is 24.2. The van der Waals surface area contributed by atoms with Crippen molar-refractivity contribution in [1.29, 1.82) is 0 Å². The van der Waals surface area contributed by atoms with E-state index in [1.54, 1.807) is 63.8 Å². The molecule has 0 aliphatic carbocycles. The van der Waals surface area contributed by atoms with Crippen molar-refractivity contribution in [2.24, 2.45) is 0 Å². The zero-order valence-electron chi connectivity index (χ0n) is 17.2. The number of carbonyl (C=O) groups excluding carboxylic acids is 2. The summed E-state index contributed by atoms with van der Waals surface area (Å²) in [6, 6.07) is 9.85. The van der Waals surface area contributed by atoms with E-state index in [2.05, 4.69) is 10.6 Å². The van der Waals surface area contributed by atoms with Gasteiger partial charge in [0.1, 0.15) is 5.75 Å². The van der Waals surface area contributed by atoms with E-state index in [9.17, 15) is 9.59 Å². The van der Waals surface area contributed by atoms with Crippen LogP contribution in [0.25, 0.3) is 6.08 Å². The van der Waals surface area contributed by atoms with Crippen molar-refractivity contribution in [1.82, 2.24) is 5.32 Å². The van der Waals surface area contributed by atoms with Crippen LogP contribution in [0.1, 0.15) is 29.8 Å². The number of anilines is 1. The summed E-state index contributed by atoms with van der Waals surface area (Å²) in [5.41, 5.74) is 1.78. The molecule has 0 heterocycles. The van der Waals surface area contributed by atoms with Gasteiger partial charge >= 0.3 is 6.03 Å². The molecule has 0 aliphatic rings. The molecule has 154 valence electrons. The molecule has 0 unspecified atom stereocenters. The molecule has 2 N–H and O–H groups in total. The fourth-order valence-electron chi connectivity index (χ4n) is 2.59. The predicted molar refractivity (Wildman–Crippen MR) is 113 cm³/mol. The van der Waals surface area contributed by atoms with Crippen LogP contribution in [0.5, 0.6) is 17.2 Å². The average Bonchev–Trinajstić information content (AvgIpc) is 2.71. The molecule has 0 aromatic heterocycles. The first-order chi connectivity index (χ1) is 13.9. The molecule has 0 spiro atoms. The van der Waals surface area contributed by atoms with Gasteiger partial charge in [-0.3, -0.25) is 4.79 Å². The first kappa shape index (κ1) is 21.8. The number of methoxy groups -OCH3 is 3. The van der Waals surface area contributed by atoms with Crippen molar-refractivity contribution in [3.63, 3.8) is 0 Å². The van der Waals surface area contributed by atoms with Crippen LogP contribution in [-0.4, -0.2) is 39.2 Å². The lowest BCUT2D eigenvalue weighted by Crippen LogP contribution is -2.34. The standard InChI is InChI=1S/C22H26N2O5/c1-14(2)23-22(26)24-17-9-6-15(7-10-17)18(25)11-8-16-12-20(28-4)21(29-5)13-19(16)27-3/h6-14H,1-5H3,(H2,23,24,26)/b11-8+. The highest BCUT2D eigenvalue weighted by molar-refractivity contribution is 6.07. The fraction of sp³-hybridized carbons (Fsp3) is 0.273. The fourth-order valence-corrected chi connectivity index (χ4v) is 2.59. The molecule has 0 atom stereocenters. The summed E-state index contributed by atoms with van der Waals surface area (Å²) in [6.45, 7) is 3.75. The lowest BCUT2D eigenvalue weighted by Gasteiger charge is -2.12. The number of urea groups is 1. The molecule has 0 bridgehead atoms. The summed E-state index contributed by atoms with van der Waals surface area (Å²) < 4.78 is 15.9. The predicted octanol–water partition coefficient (Wildman–Crippen LogP) is 4.14. The van der Waals surface area contributed by atoms with Gasteiger partial charge in [0.05, 0.1) is 21.3 Å². The Morgan fingerprint density at radius 1 is 0.897 bits per heavy atom. The molecule has 0 aliphatic heterocycles. The Balaban J connectivity index is 2.13. The lowest BCUT2D eigenvalue weighted by molar-refractivity contribution is 0.104. The van der Waals surface area contributed by atoms with Gasteiger partial charge in [-0.15, -0.1) is 0 Å². The van der Waals surface area contributed by atoms with E-state index in [4.69, 9.17) is 14.2 Å². The minimum Gasteiger partial charge on any atom is -0.496 e. The van der Waals surface area contributed by atoms with Crippen LogP contribution in [0.2, 0.25) is 0 Å². The molecule has 0 fully saturated rings. The van der Waals surface area contributed by atoms with Crippen LogP contribution >= 0.6 is 0 Å². The van der Waals surface area contributed by atoms with Crippen molar-refractivity contribution < 1.29 is 23.8 Å². The lowest BCUT2D eigenvalue weighted by atomic mass is 10.1. The zero-order valence-corrected chi connectivity index (χ0v) is 17.2. The summed E-state index contributed by atoms with van der Waals surface area (Å²) in [6.07, 6.45) is 3.11. The Morgan fingerprint density at radius 3 is 2.03 bits per heavy atom. The Labute approximate surface area is 170 Å². The van der Waals surface area contributed by atoms with E-state index < -0.39 is 0 Å². The Morgan fingerprint density at radius 2 is 1.48 bits per heavy atom. The molecular weight excluding hydrogens is 372 g/mol. The van der Waals surface area contributed by atoms with Crippen molar-refractivity contribution in [3.8, 4) is 17.2 Å². The highest BCUT2D eigenvalue weighted by atomic mass is 16.5. The number of hydrogen-bond donors (Lipinski definition) is 2. The van der Waals surface area contributed by atoms with Crippen molar-refractivity contribution in [2.45, 2.75) is 19.9 Å². The first-order valence-corrected chi connectivity index (χ1v) is 9.08. The van der Waals surface area contributed by atoms with E-state index in [-0.39, 0.29) is 17.9 Å². The molecule has 0 saturated heterocycles. The Bertz CT molecular complexity index is 889. The van der Waals surface area contributed by atoms with Gasteiger partial charge in [-0.2, -0.15) is 0 Å². The van der Waals surface area contributed by atoms with Gasteiger partial charge < -0.3 is 24.8 Å². The number of ether oxygens (including phenoxy) is 3.